The number of benzene rings is 2. The van der Waals surface area contributed by atoms with Crippen molar-refractivity contribution in [3.63, 3.8) is 0 Å². The number of hydrogen-bond donors (Lipinski definition) is 1. The van der Waals surface area contributed by atoms with Crippen molar-refractivity contribution in [1.82, 2.24) is 9.88 Å². The Bertz CT molecular complexity index is 1480. The van der Waals surface area contributed by atoms with E-state index in [1.807, 2.05) is 44.2 Å². The first kappa shape index (κ1) is 31.6. The van der Waals surface area contributed by atoms with Gasteiger partial charge in [-0.05, 0) is 68.5 Å². The average molecular weight is 622 g/mol. The Morgan fingerprint density at radius 3 is 2.34 bits per heavy atom. The second-order valence-corrected chi connectivity index (χ2v) is 11.4. The predicted molar refractivity (Wildman–Crippen MR) is 152 cm³/mol. The van der Waals surface area contributed by atoms with E-state index in [1.54, 1.807) is 13.1 Å². The lowest BCUT2D eigenvalue weighted by molar-refractivity contribution is -0.143. The minimum absolute atomic E-state index is 0.0307. The molecule has 2 aliphatic rings. The number of rotatable bonds is 7. The fourth-order valence-electron chi connectivity index (χ4n) is 5.72. The first-order valence-corrected chi connectivity index (χ1v) is 14.4. The molecule has 2 unspecified atom stereocenters. The summed E-state index contributed by atoms with van der Waals surface area (Å²) in [6.45, 7) is 6.10. The van der Waals surface area contributed by atoms with Gasteiger partial charge in [0.05, 0.1) is 29.8 Å². The van der Waals surface area contributed by atoms with Gasteiger partial charge in [-0.2, -0.15) is 26.3 Å². The molecule has 12 heteroatoms. The number of hydrogen-bond acceptors (Lipinski definition) is 5. The zero-order valence-corrected chi connectivity index (χ0v) is 24.4. The van der Waals surface area contributed by atoms with Crippen LogP contribution in [0, 0.1) is 6.92 Å². The second-order valence-electron chi connectivity index (χ2n) is 11.4. The zero-order chi connectivity index (χ0) is 31.8. The normalized spacial score (nSPS) is 22.7. The van der Waals surface area contributed by atoms with Gasteiger partial charge in [-0.15, -0.1) is 0 Å². The number of nitrogens with zero attached hydrogens (tertiary/aromatic N) is 2. The lowest BCUT2D eigenvalue weighted by Gasteiger charge is -2.31. The van der Waals surface area contributed by atoms with Crippen molar-refractivity contribution in [2.75, 3.05) is 11.9 Å². The molecule has 4 atom stereocenters. The molecule has 0 aliphatic carbocycles. The summed E-state index contributed by atoms with van der Waals surface area (Å²) in [6, 6.07) is 10.1. The van der Waals surface area contributed by atoms with Gasteiger partial charge in [-0.25, -0.2) is 9.78 Å². The van der Waals surface area contributed by atoms with Gasteiger partial charge in [0.25, 0.3) is 0 Å². The first-order chi connectivity index (χ1) is 20.7. The molecule has 1 amide bonds. The van der Waals surface area contributed by atoms with E-state index in [0.29, 0.717) is 30.1 Å². The van der Waals surface area contributed by atoms with Crippen LogP contribution >= 0.6 is 0 Å². The summed E-state index contributed by atoms with van der Waals surface area (Å²) >= 11 is 0. The van der Waals surface area contributed by atoms with Gasteiger partial charge in [0.15, 0.2) is 0 Å². The van der Waals surface area contributed by atoms with E-state index in [4.69, 9.17) is 14.5 Å². The molecular formula is C32H33F6N3O3. The summed E-state index contributed by atoms with van der Waals surface area (Å²) in [5.74, 6) is 0.532. The van der Waals surface area contributed by atoms with E-state index in [9.17, 15) is 31.1 Å². The number of nitrogens with one attached hydrogen (secondary N) is 1. The fourth-order valence-corrected chi connectivity index (χ4v) is 5.72. The van der Waals surface area contributed by atoms with Crippen molar-refractivity contribution < 1.29 is 40.6 Å². The van der Waals surface area contributed by atoms with E-state index in [1.165, 1.54) is 4.90 Å². The summed E-state index contributed by atoms with van der Waals surface area (Å²) in [6.07, 6.45) is -8.05. The van der Waals surface area contributed by atoms with Crippen LogP contribution in [0.1, 0.15) is 67.0 Å². The number of aromatic nitrogens is 1. The molecule has 236 valence electrons. The van der Waals surface area contributed by atoms with Crippen LogP contribution in [0.25, 0.3) is 11.1 Å². The molecule has 3 heterocycles. The van der Waals surface area contributed by atoms with Crippen LogP contribution in [0.2, 0.25) is 0 Å². The Kier molecular flexibility index (Phi) is 8.84. The highest BCUT2D eigenvalue weighted by molar-refractivity contribution is 5.72. The van der Waals surface area contributed by atoms with Gasteiger partial charge in [-0.1, -0.05) is 36.8 Å². The van der Waals surface area contributed by atoms with Gasteiger partial charge < -0.3 is 14.8 Å². The molecule has 5 rings (SSSR count). The molecule has 44 heavy (non-hydrogen) atoms. The lowest BCUT2D eigenvalue weighted by atomic mass is 9.97. The van der Waals surface area contributed by atoms with Gasteiger partial charge in [0.1, 0.15) is 11.9 Å². The van der Waals surface area contributed by atoms with E-state index in [-0.39, 0.29) is 30.3 Å². The van der Waals surface area contributed by atoms with Crippen LogP contribution in [0.15, 0.2) is 54.7 Å². The van der Waals surface area contributed by atoms with E-state index in [2.05, 4.69) is 5.32 Å². The van der Waals surface area contributed by atoms with Crippen LogP contribution in [-0.2, 0) is 28.4 Å². The molecule has 1 aromatic heterocycles. The van der Waals surface area contributed by atoms with Gasteiger partial charge in [-0.3, -0.25) is 4.90 Å². The Balaban J connectivity index is 1.48. The van der Waals surface area contributed by atoms with Crippen molar-refractivity contribution in [2.45, 2.75) is 83.2 Å². The van der Waals surface area contributed by atoms with Crippen LogP contribution < -0.4 is 5.32 Å². The average Bonchev–Trinajstić information content (AvgIpc) is 3.25. The summed E-state index contributed by atoms with van der Waals surface area (Å²) in [4.78, 5) is 19.1. The quantitative estimate of drug-likeness (QED) is 0.268. The minimum Gasteiger partial charge on any atom is -0.439 e. The number of halogens is 6. The summed E-state index contributed by atoms with van der Waals surface area (Å²) in [7, 11) is 0. The maximum absolute atomic E-state index is 13.5. The third-order valence-electron chi connectivity index (χ3n) is 8.15. The SMILES string of the molecule is CCC1CC(Nc2ncc(-c3cccc(C)c3)cc2CN2C(=O)O[C@H](c3cc(C(F)(F)F)cc(C(F)(F)F)c3)[C@@H]2C)CCO1. The Morgan fingerprint density at radius 1 is 1.00 bits per heavy atom. The smallest absolute Gasteiger partial charge is 0.416 e. The van der Waals surface area contributed by atoms with Crippen LogP contribution in [0.4, 0.5) is 37.0 Å². The molecule has 2 fully saturated rings. The predicted octanol–water partition coefficient (Wildman–Crippen LogP) is 8.55. The number of anilines is 1. The highest BCUT2D eigenvalue weighted by Gasteiger charge is 2.43. The maximum atomic E-state index is 13.5. The van der Waals surface area contributed by atoms with Gasteiger partial charge >= 0.3 is 18.4 Å². The lowest BCUT2D eigenvalue weighted by Crippen LogP contribution is -2.35. The molecule has 1 N–H and O–H groups in total. The number of ether oxygens (including phenoxy) is 2. The Labute approximate surface area is 251 Å². The van der Waals surface area contributed by atoms with Gasteiger partial charge in [0.2, 0.25) is 0 Å². The standard InChI is InChI=1S/C32H33F6N3O3/c1-4-27-15-26(8-9-43-27)40-29-23(11-22(16-39-29)20-7-5-6-18(2)10-20)17-41-19(3)28(44-30(41)42)21-12-24(31(33,34)35)14-25(13-21)32(36,37)38/h5-7,10-14,16,19,26-28H,4,8-9,15,17H2,1-3H3,(H,39,40)/t19-,26?,27?,28-/m0/s1. The molecule has 6 nitrogen and oxygen atoms in total. The number of aryl methyl sites for hydroxylation is 1. The highest BCUT2D eigenvalue weighted by Crippen LogP contribution is 2.41. The molecule has 0 bridgehead atoms. The first-order valence-electron chi connectivity index (χ1n) is 14.4. The zero-order valence-electron chi connectivity index (χ0n) is 24.4. The number of amides is 1. The molecule has 2 aliphatic heterocycles. The summed E-state index contributed by atoms with van der Waals surface area (Å²) in [5, 5.41) is 3.48. The van der Waals surface area contributed by atoms with Crippen LogP contribution in [-0.4, -0.2) is 40.8 Å². The Morgan fingerprint density at radius 2 is 1.70 bits per heavy atom. The van der Waals surface area contributed by atoms with Crippen LogP contribution in [0.3, 0.4) is 0 Å². The minimum atomic E-state index is -5.02. The number of carbonyl (C=O) groups is 1. The topological polar surface area (TPSA) is 63.7 Å². The number of carbonyl (C=O) groups excluding carboxylic acids is 1. The monoisotopic (exact) mass is 621 g/mol. The highest BCUT2D eigenvalue weighted by atomic mass is 19.4. The Hall–Kier alpha value is -3.80. The molecular weight excluding hydrogens is 588 g/mol. The van der Waals surface area contributed by atoms with Crippen LogP contribution in [0.5, 0.6) is 0 Å². The van der Waals surface area contributed by atoms with Crippen molar-refractivity contribution >= 4 is 11.9 Å². The largest absolute Gasteiger partial charge is 0.439 e. The molecule has 0 radical (unpaired) electrons. The third kappa shape index (κ3) is 6.95. The van der Waals surface area contributed by atoms with E-state index >= 15 is 0 Å². The number of alkyl halides is 6. The van der Waals surface area contributed by atoms with E-state index in [0.717, 1.165) is 36.0 Å². The van der Waals surface area contributed by atoms with Crippen molar-refractivity contribution in [3.8, 4) is 11.1 Å². The van der Waals surface area contributed by atoms with Crippen molar-refractivity contribution in [1.29, 1.82) is 0 Å². The third-order valence-corrected chi connectivity index (χ3v) is 8.15. The van der Waals surface area contributed by atoms with E-state index < -0.39 is 41.7 Å². The summed E-state index contributed by atoms with van der Waals surface area (Å²) in [5.41, 5.74) is 0.0530. The molecule has 3 aromatic rings. The van der Waals surface area contributed by atoms with Gasteiger partial charge in [0, 0.05) is 30.0 Å². The van der Waals surface area contributed by atoms with Crippen molar-refractivity contribution in [2.24, 2.45) is 0 Å². The summed E-state index contributed by atoms with van der Waals surface area (Å²) < 4.78 is 92.5. The molecule has 2 aromatic carbocycles. The van der Waals surface area contributed by atoms with Crippen molar-refractivity contribution in [3.05, 3.63) is 82.5 Å². The number of pyridine rings is 1. The molecule has 0 saturated carbocycles. The molecule has 2 saturated heterocycles. The second kappa shape index (κ2) is 12.3. The maximum Gasteiger partial charge on any atom is 0.416 e. The fraction of sp³-hybridized carbons (Fsp3) is 0.438. The number of cyclic esters (lactones) is 1. The molecule has 0 spiro atoms.